The number of hydrogen-bond acceptors (Lipinski definition) is 3. The summed E-state index contributed by atoms with van der Waals surface area (Å²) in [6, 6.07) is 6.20. The van der Waals surface area contributed by atoms with E-state index in [0.29, 0.717) is 24.1 Å². The van der Waals surface area contributed by atoms with Gasteiger partial charge in [0, 0.05) is 17.7 Å². The van der Waals surface area contributed by atoms with Crippen LogP contribution >= 0.6 is 0 Å². The van der Waals surface area contributed by atoms with Crippen LogP contribution in [0.2, 0.25) is 0 Å². The monoisotopic (exact) mass is 276 g/mol. The first-order valence-corrected chi connectivity index (χ1v) is 6.03. The fraction of sp³-hybridized carbons (Fsp3) is 0.214. The standard InChI is InChI=1S/C14H16N2O4/c1-2-3-4-12(17)16-11-7-5-10(6-8-11)14(20)15-9-13(18)19/h2,5-8H,1,3-4,9H2,(H,15,20)(H,16,17)(H,18,19). The van der Waals surface area contributed by atoms with Gasteiger partial charge in [-0.25, -0.2) is 0 Å². The van der Waals surface area contributed by atoms with Crippen LogP contribution in [-0.4, -0.2) is 29.4 Å². The van der Waals surface area contributed by atoms with Gasteiger partial charge in [0.15, 0.2) is 0 Å². The Labute approximate surface area is 116 Å². The quantitative estimate of drug-likeness (QED) is 0.656. The van der Waals surface area contributed by atoms with E-state index < -0.39 is 18.4 Å². The number of allylic oxidation sites excluding steroid dienone is 1. The molecule has 0 aliphatic heterocycles. The topological polar surface area (TPSA) is 95.5 Å². The highest BCUT2D eigenvalue weighted by molar-refractivity contribution is 5.97. The van der Waals surface area contributed by atoms with E-state index in [1.165, 1.54) is 12.1 Å². The molecule has 0 saturated carbocycles. The van der Waals surface area contributed by atoms with E-state index >= 15 is 0 Å². The molecule has 1 rings (SSSR count). The van der Waals surface area contributed by atoms with Crippen LogP contribution in [0.4, 0.5) is 5.69 Å². The third-order valence-corrected chi connectivity index (χ3v) is 2.41. The average molecular weight is 276 g/mol. The van der Waals surface area contributed by atoms with E-state index in [1.807, 2.05) is 0 Å². The third kappa shape index (κ3) is 5.34. The summed E-state index contributed by atoms with van der Waals surface area (Å²) in [5.74, 6) is -1.71. The molecule has 0 aromatic heterocycles. The number of rotatable bonds is 7. The first-order chi connectivity index (χ1) is 9.52. The number of anilines is 1. The van der Waals surface area contributed by atoms with Gasteiger partial charge in [0.1, 0.15) is 6.54 Å². The number of benzene rings is 1. The number of aliphatic carboxylic acids is 1. The van der Waals surface area contributed by atoms with Crippen molar-refractivity contribution in [3.8, 4) is 0 Å². The smallest absolute Gasteiger partial charge is 0.322 e. The van der Waals surface area contributed by atoms with Crippen LogP contribution in [0.15, 0.2) is 36.9 Å². The van der Waals surface area contributed by atoms with Gasteiger partial charge in [-0.05, 0) is 30.7 Å². The molecule has 3 N–H and O–H groups in total. The van der Waals surface area contributed by atoms with Gasteiger partial charge in [-0.15, -0.1) is 6.58 Å². The maximum Gasteiger partial charge on any atom is 0.322 e. The highest BCUT2D eigenvalue weighted by Crippen LogP contribution is 2.10. The maximum absolute atomic E-state index is 11.6. The fourth-order valence-corrected chi connectivity index (χ4v) is 1.42. The summed E-state index contributed by atoms with van der Waals surface area (Å²) >= 11 is 0. The fourth-order valence-electron chi connectivity index (χ4n) is 1.42. The van der Waals surface area contributed by atoms with Gasteiger partial charge in [0.2, 0.25) is 5.91 Å². The van der Waals surface area contributed by atoms with Gasteiger partial charge in [-0.2, -0.15) is 0 Å². The summed E-state index contributed by atoms with van der Waals surface area (Å²) in [4.78, 5) is 33.3. The second-order valence-electron chi connectivity index (χ2n) is 4.03. The largest absolute Gasteiger partial charge is 0.480 e. The highest BCUT2D eigenvalue weighted by Gasteiger charge is 2.07. The third-order valence-electron chi connectivity index (χ3n) is 2.41. The Balaban J connectivity index is 2.55. The highest BCUT2D eigenvalue weighted by atomic mass is 16.4. The lowest BCUT2D eigenvalue weighted by molar-refractivity contribution is -0.135. The number of carboxylic acid groups (broad SMARTS) is 1. The molecule has 0 aliphatic carbocycles. The normalized spacial score (nSPS) is 9.60. The van der Waals surface area contributed by atoms with Crippen LogP contribution in [0.5, 0.6) is 0 Å². The van der Waals surface area contributed by atoms with Crippen LogP contribution in [0.1, 0.15) is 23.2 Å². The van der Waals surface area contributed by atoms with Crippen molar-refractivity contribution < 1.29 is 19.5 Å². The first-order valence-electron chi connectivity index (χ1n) is 6.03. The number of nitrogens with one attached hydrogen (secondary N) is 2. The summed E-state index contributed by atoms with van der Waals surface area (Å²) in [6.45, 7) is 3.10. The molecule has 0 heterocycles. The second-order valence-corrected chi connectivity index (χ2v) is 4.03. The molecule has 2 amide bonds. The molecule has 106 valence electrons. The van der Waals surface area contributed by atoms with Gasteiger partial charge < -0.3 is 15.7 Å². The molecule has 0 atom stereocenters. The molecular weight excluding hydrogens is 260 g/mol. The SMILES string of the molecule is C=CCCC(=O)Nc1ccc(C(=O)NCC(=O)O)cc1. The van der Waals surface area contributed by atoms with E-state index in [-0.39, 0.29) is 5.91 Å². The van der Waals surface area contributed by atoms with Crippen molar-refractivity contribution in [3.63, 3.8) is 0 Å². The Morgan fingerprint density at radius 2 is 1.85 bits per heavy atom. The van der Waals surface area contributed by atoms with Crippen molar-refractivity contribution >= 4 is 23.5 Å². The minimum Gasteiger partial charge on any atom is -0.480 e. The van der Waals surface area contributed by atoms with E-state index in [0.717, 1.165) is 0 Å². The summed E-state index contributed by atoms with van der Waals surface area (Å²) in [5, 5.41) is 13.4. The number of carbonyl (C=O) groups excluding carboxylic acids is 2. The summed E-state index contributed by atoms with van der Waals surface area (Å²) in [5.41, 5.74) is 0.907. The molecule has 0 radical (unpaired) electrons. The maximum atomic E-state index is 11.6. The zero-order chi connectivity index (χ0) is 15.0. The van der Waals surface area contributed by atoms with Crippen LogP contribution in [0.25, 0.3) is 0 Å². The molecule has 1 aromatic carbocycles. The van der Waals surface area contributed by atoms with Crippen LogP contribution < -0.4 is 10.6 Å². The van der Waals surface area contributed by atoms with Gasteiger partial charge >= 0.3 is 5.97 Å². The number of carboxylic acids is 1. The van der Waals surface area contributed by atoms with Gasteiger partial charge in [0.25, 0.3) is 5.91 Å². The Hall–Kier alpha value is -2.63. The average Bonchev–Trinajstić information content (AvgIpc) is 2.43. The van der Waals surface area contributed by atoms with Crippen molar-refractivity contribution in [2.24, 2.45) is 0 Å². The molecule has 6 heteroatoms. The van der Waals surface area contributed by atoms with Crippen LogP contribution in [-0.2, 0) is 9.59 Å². The van der Waals surface area contributed by atoms with Crippen molar-refractivity contribution in [2.75, 3.05) is 11.9 Å². The van der Waals surface area contributed by atoms with Crippen LogP contribution in [0.3, 0.4) is 0 Å². The minimum atomic E-state index is -1.11. The number of carbonyl (C=O) groups is 3. The first kappa shape index (κ1) is 15.4. The Bertz CT molecular complexity index is 508. The van der Waals surface area contributed by atoms with Gasteiger partial charge in [-0.1, -0.05) is 6.08 Å². The molecule has 0 unspecified atom stereocenters. The number of amides is 2. The minimum absolute atomic E-state index is 0.132. The molecule has 0 spiro atoms. The summed E-state index contributed by atoms with van der Waals surface area (Å²) < 4.78 is 0. The molecule has 6 nitrogen and oxygen atoms in total. The molecule has 1 aromatic rings. The predicted molar refractivity (Wildman–Crippen MR) is 74.5 cm³/mol. The molecule has 0 saturated heterocycles. The lowest BCUT2D eigenvalue weighted by Gasteiger charge is -2.06. The Morgan fingerprint density at radius 1 is 1.20 bits per heavy atom. The van der Waals surface area contributed by atoms with Gasteiger partial charge in [0.05, 0.1) is 0 Å². The van der Waals surface area contributed by atoms with Crippen molar-refractivity contribution in [1.29, 1.82) is 0 Å². The Morgan fingerprint density at radius 3 is 2.40 bits per heavy atom. The van der Waals surface area contributed by atoms with Crippen molar-refractivity contribution in [1.82, 2.24) is 5.32 Å². The van der Waals surface area contributed by atoms with E-state index in [4.69, 9.17) is 5.11 Å². The lowest BCUT2D eigenvalue weighted by atomic mass is 10.2. The molecule has 0 bridgehead atoms. The molecule has 20 heavy (non-hydrogen) atoms. The van der Waals surface area contributed by atoms with Crippen molar-refractivity contribution in [3.05, 3.63) is 42.5 Å². The van der Waals surface area contributed by atoms with Crippen LogP contribution in [0, 0.1) is 0 Å². The Kier molecular flexibility index (Phi) is 5.96. The lowest BCUT2D eigenvalue weighted by Crippen LogP contribution is -2.29. The van der Waals surface area contributed by atoms with Gasteiger partial charge in [-0.3, -0.25) is 14.4 Å². The second kappa shape index (κ2) is 7.73. The molecule has 0 fully saturated rings. The summed E-state index contributed by atoms with van der Waals surface area (Å²) in [6.07, 6.45) is 2.61. The summed E-state index contributed by atoms with van der Waals surface area (Å²) in [7, 11) is 0. The number of hydrogen-bond donors (Lipinski definition) is 3. The van der Waals surface area contributed by atoms with E-state index in [1.54, 1.807) is 18.2 Å². The van der Waals surface area contributed by atoms with E-state index in [2.05, 4.69) is 17.2 Å². The molecular formula is C14H16N2O4. The zero-order valence-electron chi connectivity index (χ0n) is 10.9. The zero-order valence-corrected chi connectivity index (χ0v) is 10.9. The molecule has 0 aliphatic rings. The van der Waals surface area contributed by atoms with Crippen molar-refractivity contribution in [2.45, 2.75) is 12.8 Å². The predicted octanol–water partition coefficient (Wildman–Crippen LogP) is 1.41. The van der Waals surface area contributed by atoms with E-state index in [9.17, 15) is 14.4 Å².